The second-order valence-electron chi connectivity index (χ2n) is 7.02. The first kappa shape index (κ1) is 19.5. The van der Waals surface area contributed by atoms with E-state index in [1.807, 2.05) is 11.8 Å². The van der Waals surface area contributed by atoms with Crippen molar-refractivity contribution in [1.29, 1.82) is 0 Å². The maximum absolute atomic E-state index is 12.9. The molecule has 5 nitrogen and oxygen atoms in total. The van der Waals surface area contributed by atoms with Crippen LogP contribution in [0.3, 0.4) is 0 Å². The standard InChI is InChI=1S/C20H28ClNO4/c1-3-25-12-6-15-7-13-26-20(15)8-10-22(11-9-20)19(23)17-14-16(24-2)4-5-18(17)21/h4-5,14-15H,3,6-13H2,1-2H3/t15-/m0/s1. The van der Waals surface area contributed by atoms with Gasteiger partial charge in [0.1, 0.15) is 5.75 Å². The predicted molar refractivity (Wildman–Crippen MR) is 101 cm³/mol. The maximum Gasteiger partial charge on any atom is 0.255 e. The number of piperidine rings is 1. The minimum atomic E-state index is -0.0912. The van der Waals surface area contributed by atoms with Crippen LogP contribution in [0.1, 0.15) is 43.0 Å². The van der Waals surface area contributed by atoms with Gasteiger partial charge in [-0.25, -0.2) is 0 Å². The molecule has 1 spiro atoms. The van der Waals surface area contributed by atoms with Crippen molar-refractivity contribution in [2.75, 3.05) is 40.0 Å². The average Bonchev–Trinajstić information content (AvgIpc) is 3.04. The summed E-state index contributed by atoms with van der Waals surface area (Å²) in [4.78, 5) is 14.8. The Morgan fingerprint density at radius 2 is 2.15 bits per heavy atom. The Bertz CT molecular complexity index is 628. The van der Waals surface area contributed by atoms with Gasteiger partial charge in [-0.05, 0) is 56.7 Å². The van der Waals surface area contributed by atoms with Crippen LogP contribution in [-0.2, 0) is 9.47 Å². The highest BCUT2D eigenvalue weighted by Gasteiger charge is 2.46. The molecule has 2 fully saturated rings. The van der Waals surface area contributed by atoms with E-state index in [1.165, 1.54) is 0 Å². The van der Waals surface area contributed by atoms with Crippen LogP contribution in [0.15, 0.2) is 18.2 Å². The minimum absolute atomic E-state index is 0.0346. The number of likely N-dealkylation sites (tertiary alicyclic amines) is 1. The van der Waals surface area contributed by atoms with E-state index in [0.717, 1.165) is 45.5 Å². The second-order valence-corrected chi connectivity index (χ2v) is 7.43. The molecule has 1 amide bonds. The van der Waals surface area contributed by atoms with Crippen molar-refractivity contribution in [3.8, 4) is 5.75 Å². The van der Waals surface area contributed by atoms with Crippen LogP contribution in [0, 0.1) is 5.92 Å². The van der Waals surface area contributed by atoms with Gasteiger partial charge in [0.25, 0.3) is 5.91 Å². The average molecular weight is 382 g/mol. The van der Waals surface area contributed by atoms with Gasteiger partial charge in [-0.15, -0.1) is 0 Å². The van der Waals surface area contributed by atoms with Crippen molar-refractivity contribution in [2.24, 2.45) is 5.92 Å². The van der Waals surface area contributed by atoms with E-state index in [4.69, 9.17) is 25.8 Å². The fourth-order valence-electron chi connectivity index (χ4n) is 4.17. The lowest BCUT2D eigenvalue weighted by molar-refractivity contribution is -0.0669. The molecule has 6 heteroatoms. The largest absolute Gasteiger partial charge is 0.497 e. The van der Waals surface area contributed by atoms with Crippen molar-refractivity contribution in [1.82, 2.24) is 4.90 Å². The Kier molecular flexibility index (Phi) is 6.43. The number of carbonyl (C=O) groups excluding carboxylic acids is 1. The fraction of sp³-hybridized carbons (Fsp3) is 0.650. The number of carbonyl (C=O) groups is 1. The first-order valence-corrected chi connectivity index (χ1v) is 9.82. The van der Waals surface area contributed by atoms with Crippen molar-refractivity contribution in [3.05, 3.63) is 28.8 Å². The minimum Gasteiger partial charge on any atom is -0.497 e. The smallest absolute Gasteiger partial charge is 0.255 e. The molecule has 2 aliphatic heterocycles. The molecule has 2 heterocycles. The first-order chi connectivity index (χ1) is 12.6. The monoisotopic (exact) mass is 381 g/mol. The maximum atomic E-state index is 12.9. The highest BCUT2D eigenvalue weighted by molar-refractivity contribution is 6.33. The van der Waals surface area contributed by atoms with Gasteiger partial charge in [-0.3, -0.25) is 4.79 Å². The molecule has 0 saturated carbocycles. The van der Waals surface area contributed by atoms with Gasteiger partial charge in [0.15, 0.2) is 0 Å². The van der Waals surface area contributed by atoms with Crippen LogP contribution in [0.4, 0.5) is 0 Å². The number of amides is 1. The normalized spacial score (nSPS) is 22.0. The summed E-state index contributed by atoms with van der Waals surface area (Å²) in [7, 11) is 1.59. The molecule has 2 saturated heterocycles. The lowest BCUT2D eigenvalue weighted by Crippen LogP contribution is -2.49. The summed E-state index contributed by atoms with van der Waals surface area (Å²) in [5, 5.41) is 0.461. The summed E-state index contributed by atoms with van der Waals surface area (Å²) in [5.74, 6) is 1.13. The number of halogens is 1. The van der Waals surface area contributed by atoms with E-state index >= 15 is 0 Å². The highest BCUT2D eigenvalue weighted by Crippen LogP contribution is 2.42. The first-order valence-electron chi connectivity index (χ1n) is 9.44. The molecule has 3 rings (SSSR count). The van der Waals surface area contributed by atoms with Crippen molar-refractivity contribution in [2.45, 2.75) is 38.2 Å². The van der Waals surface area contributed by atoms with Crippen LogP contribution in [0.25, 0.3) is 0 Å². The number of hydrogen-bond donors (Lipinski definition) is 0. The Labute approximate surface area is 160 Å². The number of methoxy groups -OCH3 is 1. The Hall–Kier alpha value is -1.30. The van der Waals surface area contributed by atoms with E-state index in [1.54, 1.807) is 25.3 Å². The fourth-order valence-corrected chi connectivity index (χ4v) is 4.37. The van der Waals surface area contributed by atoms with Gasteiger partial charge in [-0.1, -0.05) is 11.6 Å². The van der Waals surface area contributed by atoms with Crippen LogP contribution < -0.4 is 4.74 Å². The number of nitrogens with zero attached hydrogens (tertiary/aromatic N) is 1. The van der Waals surface area contributed by atoms with E-state index in [-0.39, 0.29) is 11.5 Å². The third-order valence-electron chi connectivity index (χ3n) is 5.72. The summed E-state index contributed by atoms with van der Waals surface area (Å²) in [6.45, 7) is 5.76. The summed E-state index contributed by atoms with van der Waals surface area (Å²) in [6, 6.07) is 5.19. The van der Waals surface area contributed by atoms with Crippen molar-refractivity contribution in [3.63, 3.8) is 0 Å². The molecule has 1 aromatic rings. The Morgan fingerprint density at radius 1 is 1.38 bits per heavy atom. The molecule has 0 N–H and O–H groups in total. The summed E-state index contributed by atoms with van der Waals surface area (Å²) in [6.07, 6.45) is 3.86. The molecule has 1 aromatic carbocycles. The molecular formula is C20H28ClNO4. The number of hydrogen-bond acceptors (Lipinski definition) is 4. The number of rotatable bonds is 6. The quantitative estimate of drug-likeness (QED) is 0.703. The van der Waals surface area contributed by atoms with E-state index in [9.17, 15) is 4.79 Å². The molecule has 0 aliphatic carbocycles. The van der Waals surface area contributed by atoms with Crippen LogP contribution in [0.5, 0.6) is 5.75 Å². The molecular weight excluding hydrogens is 354 g/mol. The van der Waals surface area contributed by atoms with Crippen molar-refractivity contribution >= 4 is 17.5 Å². The molecule has 0 bridgehead atoms. The number of benzene rings is 1. The Morgan fingerprint density at radius 3 is 2.85 bits per heavy atom. The molecule has 2 aliphatic rings. The summed E-state index contributed by atoms with van der Waals surface area (Å²) >= 11 is 6.24. The van der Waals surface area contributed by atoms with Gasteiger partial charge >= 0.3 is 0 Å². The molecule has 0 unspecified atom stereocenters. The zero-order valence-corrected chi connectivity index (χ0v) is 16.4. The van der Waals surface area contributed by atoms with Gasteiger partial charge in [0, 0.05) is 32.9 Å². The second kappa shape index (κ2) is 8.59. The molecule has 0 radical (unpaired) electrons. The third kappa shape index (κ3) is 4.00. The van der Waals surface area contributed by atoms with Crippen molar-refractivity contribution < 1.29 is 19.0 Å². The molecule has 144 valence electrons. The van der Waals surface area contributed by atoms with E-state index < -0.39 is 0 Å². The van der Waals surface area contributed by atoms with E-state index in [0.29, 0.717) is 35.3 Å². The summed E-state index contributed by atoms with van der Waals surface area (Å²) < 4.78 is 16.9. The molecule has 26 heavy (non-hydrogen) atoms. The molecule has 0 aromatic heterocycles. The molecule has 1 atom stereocenters. The third-order valence-corrected chi connectivity index (χ3v) is 6.05. The predicted octanol–water partition coefficient (Wildman–Crippen LogP) is 3.79. The van der Waals surface area contributed by atoms with E-state index in [2.05, 4.69) is 0 Å². The van der Waals surface area contributed by atoms with Gasteiger partial charge in [0.05, 0.1) is 23.3 Å². The highest BCUT2D eigenvalue weighted by atomic mass is 35.5. The lowest BCUT2D eigenvalue weighted by atomic mass is 9.78. The Balaban J connectivity index is 1.63. The van der Waals surface area contributed by atoms with Gasteiger partial charge in [-0.2, -0.15) is 0 Å². The van der Waals surface area contributed by atoms with Gasteiger partial charge in [0.2, 0.25) is 0 Å². The lowest BCUT2D eigenvalue weighted by Gasteiger charge is -2.42. The topological polar surface area (TPSA) is 48.0 Å². The zero-order valence-electron chi connectivity index (χ0n) is 15.6. The van der Waals surface area contributed by atoms with Crippen LogP contribution >= 0.6 is 11.6 Å². The van der Waals surface area contributed by atoms with Gasteiger partial charge < -0.3 is 19.1 Å². The van der Waals surface area contributed by atoms with Crippen LogP contribution in [-0.4, -0.2) is 56.4 Å². The van der Waals surface area contributed by atoms with Crippen LogP contribution in [0.2, 0.25) is 5.02 Å². The summed E-state index contributed by atoms with van der Waals surface area (Å²) in [5.41, 5.74) is 0.411. The zero-order chi connectivity index (χ0) is 18.6. The number of ether oxygens (including phenoxy) is 3. The SMILES string of the molecule is CCOCC[C@H]1CCOC12CCN(C(=O)c1cc(OC)ccc1Cl)CC2.